The second-order valence-corrected chi connectivity index (χ2v) is 7.82. The van der Waals surface area contributed by atoms with E-state index in [1.807, 2.05) is 12.4 Å². The highest BCUT2D eigenvalue weighted by molar-refractivity contribution is 5.32. The lowest BCUT2D eigenvalue weighted by Gasteiger charge is -2.57. The van der Waals surface area contributed by atoms with E-state index < -0.39 is 0 Å². The van der Waals surface area contributed by atoms with Gasteiger partial charge in [-0.1, -0.05) is 29.8 Å². The fourth-order valence-electron chi connectivity index (χ4n) is 5.16. The molecule has 1 aliphatic carbocycles. The molecule has 0 spiro atoms. The molecule has 1 aromatic carbocycles. The number of hydrogen-bond acceptors (Lipinski definition) is 5. The fraction of sp³-hybridized carbons (Fsp3) is 0.500. The quantitative estimate of drug-likeness (QED) is 0.934. The van der Waals surface area contributed by atoms with Crippen molar-refractivity contribution >= 4 is 5.95 Å². The summed E-state index contributed by atoms with van der Waals surface area (Å²) in [5.74, 6) is 1.67. The van der Waals surface area contributed by atoms with Crippen LogP contribution in [0.1, 0.15) is 36.0 Å². The van der Waals surface area contributed by atoms with Gasteiger partial charge in [0.1, 0.15) is 11.8 Å². The molecule has 0 radical (unpaired) electrons. The Balaban J connectivity index is 1.40. The Morgan fingerprint density at radius 2 is 2.00 bits per heavy atom. The first kappa shape index (κ1) is 15.3. The molecule has 130 valence electrons. The molecular weight excluding hydrogens is 312 g/mol. The number of ether oxygens (including phenoxy) is 1. The average molecular weight is 336 g/mol. The van der Waals surface area contributed by atoms with E-state index in [1.54, 1.807) is 0 Å². The summed E-state index contributed by atoms with van der Waals surface area (Å²) >= 11 is 0. The summed E-state index contributed by atoms with van der Waals surface area (Å²) in [6, 6.07) is 8.96. The van der Waals surface area contributed by atoms with Gasteiger partial charge >= 0.3 is 0 Å². The van der Waals surface area contributed by atoms with E-state index in [-0.39, 0.29) is 11.8 Å². The van der Waals surface area contributed by atoms with Crippen LogP contribution in [0.25, 0.3) is 0 Å². The van der Waals surface area contributed by atoms with Crippen LogP contribution in [0, 0.1) is 18.8 Å². The maximum Gasteiger partial charge on any atom is 0.219 e. The number of benzene rings is 1. The first-order chi connectivity index (χ1) is 12.2. The van der Waals surface area contributed by atoms with E-state index in [1.165, 1.54) is 24.0 Å². The molecule has 5 nitrogen and oxygen atoms in total. The van der Waals surface area contributed by atoms with Gasteiger partial charge in [0.2, 0.25) is 5.95 Å². The zero-order valence-corrected chi connectivity index (χ0v) is 14.6. The summed E-state index contributed by atoms with van der Waals surface area (Å²) in [6.45, 7) is 4.08. The zero-order chi connectivity index (χ0) is 17.0. The molecule has 0 bridgehead atoms. The maximum absolute atomic E-state index is 6.62. The Morgan fingerprint density at radius 1 is 1.24 bits per heavy atom. The minimum Gasteiger partial charge on any atom is -0.368 e. The molecule has 1 saturated carbocycles. The summed E-state index contributed by atoms with van der Waals surface area (Å²) < 4.78 is 6.62. The molecule has 3 aliphatic rings. The number of rotatable bonds is 3. The molecule has 1 aromatic heterocycles. The fourth-order valence-corrected chi connectivity index (χ4v) is 5.16. The van der Waals surface area contributed by atoms with Crippen molar-refractivity contribution in [2.24, 2.45) is 11.8 Å². The first-order valence-electron chi connectivity index (χ1n) is 9.21. The van der Waals surface area contributed by atoms with Crippen molar-refractivity contribution in [3.63, 3.8) is 0 Å². The Hall–Kier alpha value is -1.98. The van der Waals surface area contributed by atoms with Gasteiger partial charge in [0, 0.05) is 37.0 Å². The number of nitrogen functional groups attached to an aromatic ring is 1. The van der Waals surface area contributed by atoms with Crippen molar-refractivity contribution in [2.75, 3.05) is 12.3 Å². The number of anilines is 1. The maximum atomic E-state index is 6.62. The van der Waals surface area contributed by atoms with Gasteiger partial charge < -0.3 is 10.5 Å². The lowest BCUT2D eigenvalue weighted by molar-refractivity contribution is -0.313. The first-order valence-corrected chi connectivity index (χ1v) is 9.21. The molecule has 25 heavy (non-hydrogen) atoms. The molecule has 2 N–H and O–H groups in total. The molecule has 2 aromatic rings. The van der Waals surface area contributed by atoms with Gasteiger partial charge in [-0.3, -0.25) is 4.90 Å². The van der Waals surface area contributed by atoms with Crippen molar-refractivity contribution < 1.29 is 4.74 Å². The van der Waals surface area contributed by atoms with Gasteiger partial charge in [0.15, 0.2) is 0 Å². The SMILES string of the molecule is Cc1ccc([C@]23CCC[C@@H]4CN(Cc5cnc(N)nc5)[C@H](O2)[C@H]43)cc1. The third-order valence-electron chi connectivity index (χ3n) is 6.29. The smallest absolute Gasteiger partial charge is 0.219 e. The molecule has 0 unspecified atom stereocenters. The largest absolute Gasteiger partial charge is 0.368 e. The molecule has 0 amide bonds. The molecular formula is C20H24N4O. The van der Waals surface area contributed by atoms with Gasteiger partial charge in [-0.25, -0.2) is 9.97 Å². The van der Waals surface area contributed by atoms with Crippen LogP contribution < -0.4 is 5.73 Å². The lowest BCUT2D eigenvalue weighted by Crippen LogP contribution is -2.61. The van der Waals surface area contributed by atoms with E-state index in [0.717, 1.165) is 31.0 Å². The minimum atomic E-state index is -0.0619. The van der Waals surface area contributed by atoms with Crippen LogP contribution in [0.2, 0.25) is 0 Å². The Kier molecular flexibility index (Phi) is 3.37. The summed E-state index contributed by atoms with van der Waals surface area (Å²) in [5, 5.41) is 0. The third-order valence-corrected chi connectivity index (χ3v) is 6.29. The van der Waals surface area contributed by atoms with E-state index in [4.69, 9.17) is 10.5 Å². The van der Waals surface area contributed by atoms with Crippen LogP contribution in [0.3, 0.4) is 0 Å². The molecule has 2 saturated heterocycles. The number of nitrogens with zero attached hydrogens (tertiary/aromatic N) is 3. The minimum absolute atomic E-state index is 0.0619. The summed E-state index contributed by atoms with van der Waals surface area (Å²) in [5.41, 5.74) is 9.30. The van der Waals surface area contributed by atoms with E-state index >= 15 is 0 Å². The highest BCUT2D eigenvalue weighted by Gasteiger charge is 2.65. The summed E-state index contributed by atoms with van der Waals surface area (Å²) in [4.78, 5) is 10.7. The van der Waals surface area contributed by atoms with Gasteiger partial charge in [0.25, 0.3) is 0 Å². The Labute approximate surface area is 148 Å². The zero-order valence-electron chi connectivity index (χ0n) is 14.6. The number of aryl methyl sites for hydroxylation is 1. The van der Waals surface area contributed by atoms with Crippen LogP contribution in [0.15, 0.2) is 36.7 Å². The molecule has 5 heteroatoms. The second kappa shape index (κ2) is 5.51. The summed E-state index contributed by atoms with van der Waals surface area (Å²) in [6.07, 6.45) is 7.59. The van der Waals surface area contributed by atoms with Crippen molar-refractivity contribution in [3.8, 4) is 0 Å². The highest BCUT2D eigenvalue weighted by atomic mass is 16.6. The number of likely N-dealkylation sites (tertiary alicyclic amines) is 1. The van der Waals surface area contributed by atoms with E-state index in [2.05, 4.69) is 46.1 Å². The van der Waals surface area contributed by atoms with E-state index in [9.17, 15) is 0 Å². The molecule has 3 heterocycles. The molecule has 3 fully saturated rings. The van der Waals surface area contributed by atoms with Crippen LogP contribution in [-0.4, -0.2) is 27.6 Å². The normalized spacial score (nSPS) is 33.7. The van der Waals surface area contributed by atoms with Crippen molar-refractivity contribution in [1.82, 2.24) is 14.9 Å². The monoisotopic (exact) mass is 336 g/mol. The van der Waals surface area contributed by atoms with Crippen molar-refractivity contribution in [2.45, 2.75) is 44.6 Å². The number of hydrogen-bond donors (Lipinski definition) is 1. The van der Waals surface area contributed by atoms with Crippen LogP contribution in [0.4, 0.5) is 5.95 Å². The molecule has 2 aliphatic heterocycles. The van der Waals surface area contributed by atoms with Gasteiger partial charge in [-0.2, -0.15) is 0 Å². The van der Waals surface area contributed by atoms with Gasteiger partial charge in [-0.15, -0.1) is 0 Å². The Morgan fingerprint density at radius 3 is 2.76 bits per heavy atom. The predicted octanol–water partition coefficient (Wildman–Crippen LogP) is 2.85. The number of nitrogens with two attached hydrogens (primary N) is 1. The van der Waals surface area contributed by atoms with Crippen LogP contribution >= 0.6 is 0 Å². The Bertz CT molecular complexity index is 775. The molecule has 4 atom stereocenters. The van der Waals surface area contributed by atoms with Crippen LogP contribution in [0.5, 0.6) is 0 Å². The topological polar surface area (TPSA) is 64.3 Å². The second-order valence-electron chi connectivity index (χ2n) is 7.82. The van der Waals surface area contributed by atoms with Crippen LogP contribution in [-0.2, 0) is 16.9 Å². The average Bonchev–Trinajstić information content (AvgIpc) is 2.92. The third kappa shape index (κ3) is 2.29. The highest BCUT2D eigenvalue weighted by Crippen LogP contribution is 2.61. The number of aromatic nitrogens is 2. The summed E-state index contributed by atoms with van der Waals surface area (Å²) in [7, 11) is 0. The van der Waals surface area contributed by atoms with Crippen molar-refractivity contribution in [3.05, 3.63) is 53.3 Å². The predicted molar refractivity (Wildman–Crippen MR) is 95.4 cm³/mol. The van der Waals surface area contributed by atoms with Gasteiger partial charge in [0.05, 0.1) is 0 Å². The standard InChI is InChI=1S/C20H24N4O/c1-13-4-6-16(7-5-13)20-8-2-3-15-12-24(18(25-20)17(15)20)11-14-9-22-19(21)23-10-14/h4-7,9-10,15,17-18H,2-3,8,11-12H2,1H3,(H2,21,22,23)/t15-,17+,18-,20+/m1/s1. The van der Waals surface area contributed by atoms with E-state index in [0.29, 0.717) is 11.9 Å². The van der Waals surface area contributed by atoms with Gasteiger partial charge in [-0.05, 0) is 37.7 Å². The lowest BCUT2D eigenvalue weighted by atomic mass is 9.63. The van der Waals surface area contributed by atoms with Crippen molar-refractivity contribution in [1.29, 1.82) is 0 Å². The molecule has 5 rings (SSSR count).